The van der Waals surface area contributed by atoms with Gasteiger partial charge in [0.15, 0.2) is 5.43 Å². The van der Waals surface area contributed by atoms with Gasteiger partial charge < -0.3 is 13.9 Å². The molecule has 1 fully saturated rings. The predicted molar refractivity (Wildman–Crippen MR) is 103 cm³/mol. The molecule has 0 N–H and O–H groups in total. The van der Waals surface area contributed by atoms with Crippen LogP contribution in [0.3, 0.4) is 0 Å². The smallest absolute Gasteiger partial charge is 0.291 e. The summed E-state index contributed by atoms with van der Waals surface area (Å²) in [5, 5.41) is 0. The number of fused-ring (bicyclic) bond motifs is 1. The second-order valence-corrected chi connectivity index (χ2v) is 8.14. The van der Waals surface area contributed by atoms with E-state index in [-0.39, 0.29) is 23.1 Å². The normalized spacial score (nSPS) is 33.5. The molecule has 0 unspecified atom stereocenters. The number of ether oxygens (including phenoxy) is 2. The largest absolute Gasteiger partial charge is 0.468 e. The molecule has 0 aromatic carbocycles. The van der Waals surface area contributed by atoms with E-state index >= 15 is 0 Å². The van der Waals surface area contributed by atoms with E-state index in [1.807, 2.05) is 6.92 Å². The van der Waals surface area contributed by atoms with Crippen molar-refractivity contribution < 1.29 is 13.9 Å². The third-order valence-electron chi connectivity index (χ3n) is 6.13. The van der Waals surface area contributed by atoms with Crippen LogP contribution in [0.4, 0.5) is 0 Å². The van der Waals surface area contributed by atoms with Crippen LogP contribution in [-0.2, 0) is 10.2 Å². The average molecular weight is 358 g/mol. The van der Waals surface area contributed by atoms with Gasteiger partial charge in [-0.2, -0.15) is 0 Å². The molecule has 4 atom stereocenters. The van der Waals surface area contributed by atoms with Crippen molar-refractivity contribution in [3.05, 3.63) is 50.4 Å². The fourth-order valence-electron chi connectivity index (χ4n) is 5.20. The standard InChI is InChI=1S/C22H30O4/c1-9-10-12(2)17-21(6,11-13(3)18-22(17,7)26-18)19-14(4)16(23)15(5)20(24-8)25-19/h10-11,17-18H,9H2,1-8H3/b12-10-/t17-,18-,21-,22+/m1/s1. The minimum absolute atomic E-state index is 0.0183. The van der Waals surface area contributed by atoms with Crippen LogP contribution < -0.4 is 10.2 Å². The summed E-state index contributed by atoms with van der Waals surface area (Å²) in [6, 6.07) is 0. The fourth-order valence-corrected chi connectivity index (χ4v) is 5.20. The number of hydrogen-bond donors (Lipinski definition) is 0. The highest BCUT2D eigenvalue weighted by atomic mass is 16.6. The summed E-state index contributed by atoms with van der Waals surface area (Å²) < 4.78 is 17.7. The highest BCUT2D eigenvalue weighted by Crippen LogP contribution is 2.60. The fraction of sp³-hybridized carbons (Fsp3) is 0.591. The van der Waals surface area contributed by atoms with Crippen molar-refractivity contribution in [1.29, 1.82) is 0 Å². The SMILES string of the molecule is CC/C=C(/C)[C@H]1[C@]2(C)O[C@@H]2C(C)=C[C@@]1(C)c1oc(OC)c(C)c(=O)c1C. The zero-order chi connectivity index (χ0) is 19.4. The molecule has 0 amide bonds. The van der Waals surface area contributed by atoms with E-state index in [1.54, 1.807) is 6.92 Å². The van der Waals surface area contributed by atoms with Gasteiger partial charge in [-0.3, -0.25) is 4.79 Å². The Balaban J connectivity index is 2.30. The molecule has 0 radical (unpaired) electrons. The van der Waals surface area contributed by atoms with Crippen molar-refractivity contribution in [2.45, 2.75) is 72.0 Å². The van der Waals surface area contributed by atoms with Crippen LogP contribution in [0.1, 0.15) is 57.9 Å². The molecule has 1 aliphatic carbocycles. The Bertz CT molecular complexity index is 860. The first kappa shape index (κ1) is 19.0. The molecule has 4 heteroatoms. The quantitative estimate of drug-likeness (QED) is 0.582. The molecule has 0 bridgehead atoms. The molecule has 3 rings (SSSR count). The zero-order valence-corrected chi connectivity index (χ0v) is 17.1. The summed E-state index contributed by atoms with van der Waals surface area (Å²) in [6.45, 7) is 14.3. The molecule has 0 spiro atoms. The van der Waals surface area contributed by atoms with Gasteiger partial charge in [0.1, 0.15) is 17.5 Å². The van der Waals surface area contributed by atoms with Crippen molar-refractivity contribution >= 4 is 0 Å². The average Bonchev–Trinajstić information content (AvgIpc) is 3.25. The van der Waals surface area contributed by atoms with Gasteiger partial charge >= 0.3 is 0 Å². The molecule has 142 valence electrons. The molecule has 0 saturated carbocycles. The maximum absolute atomic E-state index is 12.8. The minimum atomic E-state index is -0.480. The van der Waals surface area contributed by atoms with E-state index in [9.17, 15) is 4.79 Å². The summed E-state index contributed by atoms with van der Waals surface area (Å²) in [6.07, 6.45) is 5.58. The monoisotopic (exact) mass is 358 g/mol. The van der Waals surface area contributed by atoms with E-state index < -0.39 is 5.41 Å². The third kappa shape index (κ3) is 2.50. The Kier molecular flexibility index (Phi) is 4.47. The third-order valence-corrected chi connectivity index (χ3v) is 6.13. The molecule has 2 heterocycles. The number of rotatable bonds is 4. The molecular weight excluding hydrogens is 328 g/mol. The Morgan fingerprint density at radius 1 is 1.27 bits per heavy atom. The van der Waals surface area contributed by atoms with E-state index in [1.165, 1.54) is 18.3 Å². The number of epoxide rings is 1. The first-order chi connectivity index (χ1) is 12.1. The maximum atomic E-state index is 12.8. The highest BCUT2D eigenvalue weighted by molar-refractivity contribution is 5.46. The Hall–Kier alpha value is -1.81. The lowest BCUT2D eigenvalue weighted by Gasteiger charge is -2.41. The zero-order valence-electron chi connectivity index (χ0n) is 17.1. The van der Waals surface area contributed by atoms with Crippen LogP contribution in [0.2, 0.25) is 0 Å². The van der Waals surface area contributed by atoms with Crippen LogP contribution >= 0.6 is 0 Å². The first-order valence-electron chi connectivity index (χ1n) is 9.34. The van der Waals surface area contributed by atoms with Crippen molar-refractivity contribution in [3.63, 3.8) is 0 Å². The molecule has 2 aliphatic rings. The van der Waals surface area contributed by atoms with E-state index in [2.05, 4.69) is 46.8 Å². The van der Waals surface area contributed by atoms with Gasteiger partial charge in [-0.25, -0.2) is 0 Å². The second kappa shape index (κ2) is 6.12. The van der Waals surface area contributed by atoms with Gasteiger partial charge in [-0.1, -0.05) is 24.6 Å². The summed E-state index contributed by atoms with van der Waals surface area (Å²) in [4.78, 5) is 12.8. The maximum Gasteiger partial charge on any atom is 0.291 e. The molecule has 1 aliphatic heterocycles. The molecule has 1 saturated heterocycles. The van der Waals surface area contributed by atoms with Crippen LogP contribution in [0.15, 0.2) is 32.5 Å². The lowest BCUT2D eigenvalue weighted by molar-refractivity contribution is 0.178. The number of allylic oxidation sites excluding steroid dienone is 2. The minimum Gasteiger partial charge on any atom is -0.468 e. The summed E-state index contributed by atoms with van der Waals surface area (Å²) >= 11 is 0. The first-order valence-corrected chi connectivity index (χ1v) is 9.34. The molecular formula is C22H30O4. The van der Waals surface area contributed by atoms with Crippen molar-refractivity contribution in [2.75, 3.05) is 7.11 Å². The van der Waals surface area contributed by atoms with Crippen LogP contribution in [0.25, 0.3) is 0 Å². The predicted octanol–water partition coefficient (Wildman–Crippen LogP) is 4.61. The van der Waals surface area contributed by atoms with E-state index in [4.69, 9.17) is 13.9 Å². The lowest BCUT2D eigenvalue weighted by Crippen LogP contribution is -2.45. The Morgan fingerprint density at radius 3 is 2.50 bits per heavy atom. The van der Waals surface area contributed by atoms with Crippen molar-refractivity contribution in [1.82, 2.24) is 0 Å². The Labute approximate surface area is 155 Å². The molecule has 4 nitrogen and oxygen atoms in total. The summed E-state index contributed by atoms with van der Waals surface area (Å²) in [5.74, 6) is 1.06. The Morgan fingerprint density at radius 2 is 1.92 bits per heavy atom. The van der Waals surface area contributed by atoms with Gasteiger partial charge in [-0.15, -0.1) is 0 Å². The summed E-state index contributed by atoms with van der Waals surface area (Å²) in [7, 11) is 1.54. The van der Waals surface area contributed by atoms with Crippen molar-refractivity contribution in [3.8, 4) is 5.95 Å². The van der Waals surface area contributed by atoms with Crippen molar-refractivity contribution in [2.24, 2.45) is 5.92 Å². The molecule has 1 aromatic heterocycles. The lowest BCUT2D eigenvalue weighted by atomic mass is 9.60. The van der Waals surface area contributed by atoms with Gasteiger partial charge in [0.25, 0.3) is 5.95 Å². The van der Waals surface area contributed by atoms with Crippen LogP contribution in [0, 0.1) is 19.8 Å². The highest BCUT2D eigenvalue weighted by Gasteiger charge is 2.66. The topological polar surface area (TPSA) is 52.0 Å². The van der Waals surface area contributed by atoms with Gasteiger partial charge in [0.2, 0.25) is 0 Å². The number of methoxy groups -OCH3 is 1. The van der Waals surface area contributed by atoms with E-state index in [0.717, 1.165) is 6.42 Å². The van der Waals surface area contributed by atoms with E-state index in [0.29, 0.717) is 22.8 Å². The van der Waals surface area contributed by atoms with Crippen LogP contribution in [0.5, 0.6) is 5.95 Å². The van der Waals surface area contributed by atoms with Gasteiger partial charge in [-0.05, 0) is 53.5 Å². The molecule has 1 aromatic rings. The summed E-state index contributed by atoms with van der Waals surface area (Å²) in [5.41, 5.74) is 2.85. The van der Waals surface area contributed by atoms with Gasteiger partial charge in [0, 0.05) is 11.5 Å². The van der Waals surface area contributed by atoms with Crippen LogP contribution in [-0.4, -0.2) is 18.8 Å². The number of hydrogen-bond acceptors (Lipinski definition) is 4. The molecule has 26 heavy (non-hydrogen) atoms. The second-order valence-electron chi connectivity index (χ2n) is 8.14. The van der Waals surface area contributed by atoms with Gasteiger partial charge in [0.05, 0.1) is 18.1 Å².